The highest BCUT2D eigenvalue weighted by molar-refractivity contribution is 5.45. The van der Waals surface area contributed by atoms with E-state index in [1.807, 2.05) is 6.07 Å². The van der Waals surface area contributed by atoms with Crippen LogP contribution in [0.3, 0.4) is 0 Å². The van der Waals surface area contributed by atoms with Crippen LogP contribution >= 0.6 is 0 Å². The normalized spacial score (nSPS) is 17.8. The topological polar surface area (TPSA) is 32.5 Å². The second kappa shape index (κ2) is 5.72. The van der Waals surface area contributed by atoms with Crippen LogP contribution in [0.25, 0.3) is 0 Å². The molecule has 0 saturated carbocycles. The van der Waals surface area contributed by atoms with Gasteiger partial charge in [0.05, 0.1) is 0 Å². The molecule has 2 rings (SSSR count). The van der Waals surface area contributed by atoms with Crippen molar-refractivity contribution >= 4 is 5.69 Å². The molecule has 0 radical (unpaired) electrons. The zero-order valence-corrected chi connectivity index (χ0v) is 11.8. The second-order valence-electron chi connectivity index (χ2n) is 5.54. The average molecular weight is 247 g/mol. The van der Waals surface area contributed by atoms with Crippen molar-refractivity contribution in [3.63, 3.8) is 0 Å². The van der Waals surface area contributed by atoms with Crippen LogP contribution in [-0.4, -0.2) is 43.0 Å². The van der Waals surface area contributed by atoms with Crippen LogP contribution in [0.4, 0.5) is 5.69 Å². The molecule has 1 aliphatic rings. The first-order valence-corrected chi connectivity index (χ1v) is 6.86. The van der Waals surface area contributed by atoms with Gasteiger partial charge in [-0.05, 0) is 50.2 Å². The molecule has 1 aromatic carbocycles. The summed E-state index contributed by atoms with van der Waals surface area (Å²) in [5.41, 5.74) is 9.61. The summed E-state index contributed by atoms with van der Waals surface area (Å²) in [4.78, 5) is 4.89. The number of likely N-dealkylation sites (N-methyl/N-ethyl adjacent to an activating group) is 1. The molecule has 3 nitrogen and oxygen atoms in total. The molecule has 1 aromatic rings. The zero-order chi connectivity index (χ0) is 13.1. The summed E-state index contributed by atoms with van der Waals surface area (Å²) in [6.07, 6.45) is 2.34. The molecule has 0 aliphatic carbocycles. The summed E-state index contributed by atoms with van der Waals surface area (Å²) < 4.78 is 0. The Labute approximate surface area is 111 Å². The van der Waals surface area contributed by atoms with E-state index in [2.05, 4.69) is 43.0 Å². The van der Waals surface area contributed by atoms with Crippen molar-refractivity contribution in [2.24, 2.45) is 0 Å². The van der Waals surface area contributed by atoms with E-state index in [1.165, 1.54) is 17.5 Å². The number of rotatable bonds is 4. The van der Waals surface area contributed by atoms with Gasteiger partial charge in [-0.2, -0.15) is 0 Å². The van der Waals surface area contributed by atoms with Crippen molar-refractivity contribution in [1.29, 1.82) is 0 Å². The van der Waals surface area contributed by atoms with Crippen LogP contribution in [0.2, 0.25) is 0 Å². The first-order valence-electron chi connectivity index (χ1n) is 6.86. The van der Waals surface area contributed by atoms with E-state index in [9.17, 15) is 0 Å². The molecule has 1 atom stereocenters. The van der Waals surface area contributed by atoms with Gasteiger partial charge in [0, 0.05) is 31.4 Å². The van der Waals surface area contributed by atoms with Crippen molar-refractivity contribution in [3.05, 3.63) is 29.3 Å². The highest BCUT2D eigenvalue weighted by atomic mass is 15.2. The number of hydrogen-bond donors (Lipinski definition) is 1. The van der Waals surface area contributed by atoms with Crippen molar-refractivity contribution in [2.75, 3.05) is 32.9 Å². The first-order chi connectivity index (χ1) is 8.60. The molecule has 2 N–H and O–H groups in total. The molecule has 0 bridgehead atoms. The van der Waals surface area contributed by atoms with E-state index in [0.29, 0.717) is 6.04 Å². The molecule has 1 unspecified atom stereocenters. The van der Waals surface area contributed by atoms with Gasteiger partial charge in [0.1, 0.15) is 0 Å². The number of hydrogen-bond acceptors (Lipinski definition) is 3. The predicted molar refractivity (Wildman–Crippen MR) is 77.6 cm³/mol. The lowest BCUT2D eigenvalue weighted by Gasteiger charge is -2.34. The monoisotopic (exact) mass is 247 g/mol. The lowest BCUT2D eigenvalue weighted by atomic mass is 9.98. The molecule has 3 heteroatoms. The maximum atomic E-state index is 5.84. The molecule has 0 fully saturated rings. The summed E-state index contributed by atoms with van der Waals surface area (Å²) in [7, 11) is 4.35. The number of nitrogen functional groups attached to an aromatic ring is 1. The Kier molecular flexibility index (Phi) is 4.25. The molecular formula is C15H25N3. The van der Waals surface area contributed by atoms with E-state index < -0.39 is 0 Å². The number of nitrogens with zero attached hydrogens (tertiary/aromatic N) is 2. The third-order valence-corrected chi connectivity index (χ3v) is 3.99. The summed E-state index contributed by atoms with van der Waals surface area (Å²) in [5.74, 6) is 0. The SMILES string of the molecule is CCC(CN1CCc2cc(N)ccc2C1)N(C)C. The summed E-state index contributed by atoms with van der Waals surface area (Å²) in [6, 6.07) is 7.00. The lowest BCUT2D eigenvalue weighted by molar-refractivity contribution is 0.168. The quantitative estimate of drug-likeness (QED) is 0.826. The fourth-order valence-electron chi connectivity index (χ4n) is 2.74. The van der Waals surface area contributed by atoms with Crippen LogP contribution < -0.4 is 5.73 Å². The van der Waals surface area contributed by atoms with Crippen molar-refractivity contribution in [2.45, 2.75) is 32.4 Å². The standard InChI is InChI=1S/C15H25N3/c1-4-15(17(2)3)11-18-8-7-12-9-14(16)6-5-13(12)10-18/h5-6,9,15H,4,7-8,10-11,16H2,1-3H3. The van der Waals surface area contributed by atoms with Crippen molar-refractivity contribution < 1.29 is 0 Å². The highest BCUT2D eigenvalue weighted by Crippen LogP contribution is 2.21. The van der Waals surface area contributed by atoms with Crippen LogP contribution in [0.5, 0.6) is 0 Å². The summed E-state index contributed by atoms with van der Waals surface area (Å²) >= 11 is 0. The number of fused-ring (bicyclic) bond motifs is 1. The third-order valence-electron chi connectivity index (χ3n) is 3.99. The smallest absolute Gasteiger partial charge is 0.0316 e. The Bertz CT molecular complexity index is 401. The molecule has 0 amide bonds. The Balaban J connectivity index is 2.01. The van der Waals surface area contributed by atoms with Crippen LogP contribution in [0, 0.1) is 0 Å². The van der Waals surface area contributed by atoms with Crippen LogP contribution in [0.1, 0.15) is 24.5 Å². The summed E-state index contributed by atoms with van der Waals surface area (Å²) in [6.45, 7) is 5.65. The van der Waals surface area contributed by atoms with Gasteiger partial charge < -0.3 is 10.6 Å². The molecule has 0 spiro atoms. The fraction of sp³-hybridized carbons (Fsp3) is 0.600. The van der Waals surface area contributed by atoms with Gasteiger partial charge in [-0.1, -0.05) is 13.0 Å². The predicted octanol–water partition coefficient (Wildman–Crippen LogP) is 1.97. The van der Waals surface area contributed by atoms with E-state index in [-0.39, 0.29) is 0 Å². The fourth-order valence-corrected chi connectivity index (χ4v) is 2.74. The van der Waals surface area contributed by atoms with Crippen molar-refractivity contribution in [1.82, 2.24) is 9.80 Å². The molecule has 1 aliphatic heterocycles. The van der Waals surface area contributed by atoms with Gasteiger partial charge in [-0.15, -0.1) is 0 Å². The van der Waals surface area contributed by atoms with Gasteiger partial charge in [-0.3, -0.25) is 4.90 Å². The summed E-state index contributed by atoms with van der Waals surface area (Å²) in [5, 5.41) is 0. The van der Waals surface area contributed by atoms with Gasteiger partial charge >= 0.3 is 0 Å². The van der Waals surface area contributed by atoms with E-state index in [0.717, 1.165) is 31.7 Å². The molecule has 0 saturated heterocycles. The van der Waals surface area contributed by atoms with Crippen LogP contribution in [-0.2, 0) is 13.0 Å². The zero-order valence-electron chi connectivity index (χ0n) is 11.8. The lowest BCUT2D eigenvalue weighted by Crippen LogP contribution is -2.42. The van der Waals surface area contributed by atoms with Gasteiger partial charge in [0.15, 0.2) is 0 Å². The Morgan fingerprint density at radius 2 is 2.11 bits per heavy atom. The molecular weight excluding hydrogens is 222 g/mol. The maximum Gasteiger partial charge on any atom is 0.0316 e. The Morgan fingerprint density at radius 1 is 1.33 bits per heavy atom. The van der Waals surface area contributed by atoms with Gasteiger partial charge in [0.2, 0.25) is 0 Å². The minimum Gasteiger partial charge on any atom is -0.399 e. The van der Waals surface area contributed by atoms with E-state index >= 15 is 0 Å². The van der Waals surface area contributed by atoms with Crippen LogP contribution in [0.15, 0.2) is 18.2 Å². The Hall–Kier alpha value is -1.06. The third kappa shape index (κ3) is 3.03. The molecule has 100 valence electrons. The largest absolute Gasteiger partial charge is 0.399 e. The minimum absolute atomic E-state index is 0.653. The number of nitrogens with two attached hydrogens (primary N) is 1. The van der Waals surface area contributed by atoms with E-state index in [4.69, 9.17) is 5.73 Å². The Morgan fingerprint density at radius 3 is 2.78 bits per heavy atom. The molecule has 18 heavy (non-hydrogen) atoms. The minimum atomic E-state index is 0.653. The number of anilines is 1. The first kappa shape index (κ1) is 13.4. The van der Waals surface area contributed by atoms with E-state index in [1.54, 1.807) is 0 Å². The average Bonchev–Trinajstić information content (AvgIpc) is 2.35. The molecule has 1 heterocycles. The van der Waals surface area contributed by atoms with Crippen molar-refractivity contribution in [3.8, 4) is 0 Å². The van der Waals surface area contributed by atoms with Gasteiger partial charge in [-0.25, -0.2) is 0 Å². The molecule has 0 aromatic heterocycles. The number of benzene rings is 1. The highest BCUT2D eigenvalue weighted by Gasteiger charge is 2.19. The maximum absolute atomic E-state index is 5.84. The second-order valence-corrected chi connectivity index (χ2v) is 5.54. The van der Waals surface area contributed by atoms with Gasteiger partial charge in [0.25, 0.3) is 0 Å².